The van der Waals surface area contributed by atoms with Crippen molar-refractivity contribution in [2.24, 2.45) is 0 Å². The molecule has 250 valence electrons. The summed E-state index contributed by atoms with van der Waals surface area (Å²) in [6.07, 6.45) is 0. The molecule has 12 rings (SSSR count). The molecule has 2 heteroatoms. The third-order valence-corrected chi connectivity index (χ3v) is 13.9. The van der Waals surface area contributed by atoms with Crippen LogP contribution in [-0.4, -0.2) is 0 Å². The van der Waals surface area contributed by atoms with E-state index in [2.05, 4.69) is 182 Å². The fourth-order valence-corrected chi connectivity index (χ4v) is 11.6. The zero-order valence-corrected chi connectivity index (χ0v) is 30.8. The van der Waals surface area contributed by atoms with Gasteiger partial charge < -0.3 is 0 Å². The summed E-state index contributed by atoms with van der Waals surface area (Å²) >= 11 is 3.85. The van der Waals surface area contributed by atoms with Crippen LogP contribution in [-0.2, 0) is 0 Å². The Morgan fingerprint density at radius 2 is 0.722 bits per heavy atom. The van der Waals surface area contributed by atoms with Gasteiger partial charge in [-0.15, -0.1) is 22.7 Å². The minimum absolute atomic E-state index is 1.24. The van der Waals surface area contributed by atoms with Gasteiger partial charge in [-0.3, -0.25) is 0 Å². The molecule has 0 saturated carbocycles. The minimum atomic E-state index is 1.24. The molecule has 0 aliphatic heterocycles. The Bertz CT molecular complexity index is 3430. The Balaban J connectivity index is 1.24. The first-order valence-corrected chi connectivity index (χ1v) is 20.1. The molecule has 10 aromatic carbocycles. The second-order valence-electron chi connectivity index (χ2n) is 14.3. The van der Waals surface area contributed by atoms with Crippen LogP contribution in [0.2, 0.25) is 0 Å². The van der Waals surface area contributed by atoms with Crippen molar-refractivity contribution in [2.45, 2.75) is 0 Å². The summed E-state index contributed by atoms with van der Waals surface area (Å²) < 4.78 is 5.38. The normalized spacial score (nSPS) is 12.1. The molecule has 0 atom stereocenters. The fraction of sp³-hybridized carbons (Fsp3) is 0. The first-order chi connectivity index (χ1) is 26.8. The third-order valence-electron chi connectivity index (χ3n) is 11.5. The number of benzene rings is 10. The van der Waals surface area contributed by atoms with Crippen LogP contribution in [0.3, 0.4) is 0 Å². The van der Waals surface area contributed by atoms with Crippen LogP contribution in [0, 0.1) is 0 Å². The SMILES string of the molecule is c1ccc(-c2ccc(-c3c4ccccc4c(-c4cc5c(ccc6c7ccccc7sc65)c5c4sc4ccccc45)c4ccccc34)c3ccccc23)cc1. The molecule has 0 fully saturated rings. The van der Waals surface area contributed by atoms with Crippen LogP contribution in [0.25, 0.3) is 117 Å². The van der Waals surface area contributed by atoms with E-state index >= 15 is 0 Å². The monoisotopic (exact) mass is 718 g/mol. The van der Waals surface area contributed by atoms with E-state index in [9.17, 15) is 0 Å². The van der Waals surface area contributed by atoms with E-state index in [1.807, 2.05) is 22.7 Å². The fourth-order valence-electron chi connectivity index (χ4n) is 9.16. The van der Waals surface area contributed by atoms with Crippen LogP contribution in [0.4, 0.5) is 0 Å². The molecule has 2 heterocycles. The van der Waals surface area contributed by atoms with E-state index in [1.54, 1.807) is 0 Å². The summed E-state index contributed by atoms with van der Waals surface area (Å²) in [6, 6.07) is 67.7. The highest BCUT2D eigenvalue weighted by molar-refractivity contribution is 7.27. The molecule has 0 nitrogen and oxygen atoms in total. The van der Waals surface area contributed by atoms with Gasteiger partial charge in [-0.25, -0.2) is 0 Å². The van der Waals surface area contributed by atoms with Crippen LogP contribution in [0.1, 0.15) is 0 Å². The van der Waals surface area contributed by atoms with E-state index < -0.39 is 0 Å². The quantitative estimate of drug-likeness (QED) is 0.160. The second-order valence-corrected chi connectivity index (χ2v) is 16.4. The Morgan fingerprint density at radius 3 is 1.39 bits per heavy atom. The lowest BCUT2D eigenvalue weighted by Crippen LogP contribution is -1.93. The van der Waals surface area contributed by atoms with Crippen molar-refractivity contribution in [1.82, 2.24) is 0 Å². The van der Waals surface area contributed by atoms with Crippen molar-refractivity contribution in [2.75, 3.05) is 0 Å². The molecule has 54 heavy (non-hydrogen) atoms. The van der Waals surface area contributed by atoms with Gasteiger partial charge in [-0.05, 0) is 83.7 Å². The predicted octanol–water partition coefficient (Wildman–Crippen LogP) is 16.0. The Labute approximate surface area is 319 Å². The Morgan fingerprint density at radius 1 is 0.259 bits per heavy atom. The topological polar surface area (TPSA) is 0 Å². The zero-order valence-electron chi connectivity index (χ0n) is 29.1. The number of hydrogen-bond donors (Lipinski definition) is 0. The van der Waals surface area contributed by atoms with Gasteiger partial charge in [0.05, 0.1) is 0 Å². The largest absolute Gasteiger partial charge is 0.135 e. The second kappa shape index (κ2) is 11.6. The molecule has 0 unspecified atom stereocenters. The third kappa shape index (κ3) is 4.24. The molecule has 0 radical (unpaired) electrons. The highest BCUT2D eigenvalue weighted by Gasteiger charge is 2.23. The number of fused-ring (bicyclic) bond motifs is 12. The van der Waals surface area contributed by atoms with Crippen LogP contribution in [0.5, 0.6) is 0 Å². The number of thiophene rings is 2. The van der Waals surface area contributed by atoms with Gasteiger partial charge in [-0.1, -0.05) is 164 Å². The average Bonchev–Trinajstić information content (AvgIpc) is 3.82. The smallest absolute Gasteiger partial charge is 0.0440 e. The maximum atomic E-state index is 2.53. The van der Waals surface area contributed by atoms with Gasteiger partial charge in [-0.2, -0.15) is 0 Å². The van der Waals surface area contributed by atoms with Gasteiger partial charge >= 0.3 is 0 Å². The lowest BCUT2D eigenvalue weighted by atomic mass is 9.83. The lowest BCUT2D eigenvalue weighted by Gasteiger charge is -2.20. The molecule has 2 aromatic heterocycles. The molecule has 12 aromatic rings. The van der Waals surface area contributed by atoms with Crippen molar-refractivity contribution in [3.05, 3.63) is 182 Å². The van der Waals surface area contributed by atoms with Crippen molar-refractivity contribution in [3.8, 4) is 33.4 Å². The molecule has 0 aliphatic rings. The van der Waals surface area contributed by atoms with Crippen molar-refractivity contribution < 1.29 is 0 Å². The van der Waals surface area contributed by atoms with Crippen molar-refractivity contribution in [1.29, 1.82) is 0 Å². The molecule has 0 aliphatic carbocycles. The summed E-state index contributed by atoms with van der Waals surface area (Å²) in [4.78, 5) is 0. The van der Waals surface area contributed by atoms with Gasteiger partial charge in [0.25, 0.3) is 0 Å². The predicted molar refractivity (Wildman–Crippen MR) is 239 cm³/mol. The molecule has 0 N–H and O–H groups in total. The van der Waals surface area contributed by atoms with Crippen LogP contribution >= 0.6 is 22.7 Å². The Kier molecular flexibility index (Phi) is 6.48. The van der Waals surface area contributed by atoms with E-state index in [1.165, 1.54) is 117 Å². The van der Waals surface area contributed by atoms with Crippen LogP contribution in [0.15, 0.2) is 182 Å². The van der Waals surface area contributed by atoms with E-state index in [4.69, 9.17) is 0 Å². The highest BCUT2D eigenvalue weighted by atomic mass is 32.1. The molecular formula is C52H30S2. The minimum Gasteiger partial charge on any atom is -0.135 e. The number of rotatable bonds is 3. The lowest BCUT2D eigenvalue weighted by molar-refractivity contribution is 1.64. The first kappa shape index (κ1) is 30.2. The molecular weight excluding hydrogens is 689 g/mol. The number of hydrogen-bond acceptors (Lipinski definition) is 2. The van der Waals surface area contributed by atoms with E-state index in [0.29, 0.717) is 0 Å². The highest BCUT2D eigenvalue weighted by Crippen LogP contribution is 2.52. The van der Waals surface area contributed by atoms with E-state index in [0.717, 1.165) is 0 Å². The average molecular weight is 719 g/mol. The van der Waals surface area contributed by atoms with Crippen molar-refractivity contribution >= 4 is 106 Å². The zero-order chi connectivity index (χ0) is 35.3. The van der Waals surface area contributed by atoms with Gasteiger partial charge in [0, 0.05) is 51.3 Å². The van der Waals surface area contributed by atoms with Gasteiger partial charge in [0.2, 0.25) is 0 Å². The maximum absolute atomic E-state index is 2.53. The summed E-state index contributed by atoms with van der Waals surface area (Å²) in [7, 11) is 0. The standard InChI is InChI=1S/C52H30S2/c1-2-14-31(15-3-1)32-26-27-40(34-17-5-4-16-33(32)34)48-36-19-6-8-21-38(36)49(39-22-9-7-20-37(39)48)45-30-44-41(50-43-23-11-13-25-47(43)54-52(45)50)28-29-42-35-18-10-12-24-46(35)53-51(42)44/h1-30H. The Hall–Kier alpha value is -6.32. The van der Waals surface area contributed by atoms with Crippen molar-refractivity contribution in [3.63, 3.8) is 0 Å². The molecule has 0 spiro atoms. The summed E-state index contributed by atoms with van der Waals surface area (Å²) in [5.41, 5.74) is 7.68. The molecule has 0 bridgehead atoms. The summed E-state index contributed by atoms with van der Waals surface area (Å²) in [6.45, 7) is 0. The maximum Gasteiger partial charge on any atom is 0.0440 e. The van der Waals surface area contributed by atoms with Crippen LogP contribution < -0.4 is 0 Å². The molecule has 0 amide bonds. The summed E-state index contributed by atoms with van der Waals surface area (Å²) in [5.74, 6) is 0. The van der Waals surface area contributed by atoms with Gasteiger partial charge in [0.1, 0.15) is 0 Å². The molecule has 0 saturated heterocycles. The van der Waals surface area contributed by atoms with E-state index in [-0.39, 0.29) is 0 Å². The summed E-state index contributed by atoms with van der Waals surface area (Å²) in [5, 5.41) is 15.7. The van der Waals surface area contributed by atoms with Gasteiger partial charge in [0.15, 0.2) is 0 Å². The first-order valence-electron chi connectivity index (χ1n) is 18.5.